The topological polar surface area (TPSA) is 51.2 Å². The minimum atomic E-state index is -0.743. The van der Waals surface area contributed by atoms with Crippen LogP contribution in [0.5, 0.6) is 0 Å². The van der Waals surface area contributed by atoms with Gasteiger partial charge in [0.05, 0.1) is 24.4 Å². The Bertz CT molecular complexity index is 648. The lowest BCUT2D eigenvalue weighted by atomic mass is 9.78. The molecule has 1 aromatic carbocycles. The van der Waals surface area contributed by atoms with Crippen molar-refractivity contribution in [3.8, 4) is 0 Å². The number of nitrogens with zero attached hydrogens (tertiary/aromatic N) is 1. The van der Waals surface area contributed by atoms with Crippen LogP contribution in [0, 0.1) is 5.82 Å². The second kappa shape index (κ2) is 5.76. The molecule has 1 atom stereocenters. The maximum absolute atomic E-state index is 14.7. The van der Waals surface area contributed by atoms with E-state index in [-0.39, 0.29) is 12.7 Å². The highest BCUT2D eigenvalue weighted by atomic mass is 19.1. The monoisotopic (exact) mass is 335 g/mol. The SMILES string of the molecule is C=C1O[C@@H](CO)CN1c1ccc(B2OC(C)(C)C(C)(C)O2)c(F)c1. The van der Waals surface area contributed by atoms with E-state index in [1.54, 1.807) is 17.0 Å². The predicted octanol–water partition coefficient (Wildman–Crippen LogP) is 1.79. The van der Waals surface area contributed by atoms with E-state index in [0.29, 0.717) is 23.6 Å². The average Bonchev–Trinajstić information content (AvgIpc) is 2.96. The van der Waals surface area contributed by atoms with Crippen LogP contribution in [-0.4, -0.2) is 42.7 Å². The first-order valence-electron chi connectivity index (χ1n) is 8.03. The maximum Gasteiger partial charge on any atom is 0.497 e. The summed E-state index contributed by atoms with van der Waals surface area (Å²) < 4.78 is 31.9. The molecule has 2 fully saturated rings. The zero-order valence-corrected chi connectivity index (χ0v) is 14.5. The van der Waals surface area contributed by atoms with Crippen LogP contribution in [0.15, 0.2) is 30.7 Å². The standard InChI is InChI=1S/C17H23BFNO4/c1-11-20(9-13(10-21)22-11)12-6-7-14(15(19)8-12)18-23-16(2,3)17(4,5)24-18/h6-8,13,21H,1,9-10H2,2-5H3/t13-/m1/s1. The van der Waals surface area contributed by atoms with Crippen LogP contribution in [0.25, 0.3) is 0 Å². The summed E-state index contributed by atoms with van der Waals surface area (Å²) in [4.78, 5) is 1.73. The van der Waals surface area contributed by atoms with Crippen molar-refractivity contribution in [2.24, 2.45) is 0 Å². The van der Waals surface area contributed by atoms with Crippen molar-refractivity contribution in [3.05, 3.63) is 36.5 Å². The molecule has 0 bridgehead atoms. The molecule has 1 aromatic rings. The summed E-state index contributed by atoms with van der Waals surface area (Å²) in [5.41, 5.74) is -0.0573. The Morgan fingerprint density at radius 3 is 2.42 bits per heavy atom. The highest BCUT2D eigenvalue weighted by Crippen LogP contribution is 2.37. The lowest BCUT2D eigenvalue weighted by Gasteiger charge is -2.32. The number of hydrogen-bond donors (Lipinski definition) is 1. The van der Waals surface area contributed by atoms with Crippen LogP contribution in [0.1, 0.15) is 27.7 Å². The van der Waals surface area contributed by atoms with Gasteiger partial charge in [-0.25, -0.2) is 4.39 Å². The van der Waals surface area contributed by atoms with Gasteiger partial charge in [0.25, 0.3) is 0 Å². The first-order valence-corrected chi connectivity index (χ1v) is 8.03. The second-order valence-corrected chi connectivity index (χ2v) is 7.22. The molecule has 0 unspecified atom stereocenters. The first kappa shape index (κ1) is 17.3. The highest BCUT2D eigenvalue weighted by Gasteiger charge is 2.52. The first-order chi connectivity index (χ1) is 11.1. The average molecular weight is 335 g/mol. The zero-order chi connectivity index (χ0) is 17.7. The fourth-order valence-electron chi connectivity index (χ4n) is 2.79. The Balaban J connectivity index is 1.83. The molecule has 2 aliphatic heterocycles. The summed E-state index contributed by atoms with van der Waals surface area (Å²) in [6, 6.07) is 4.85. The van der Waals surface area contributed by atoms with Crippen LogP contribution in [0.2, 0.25) is 0 Å². The smallest absolute Gasteiger partial charge is 0.472 e. The second-order valence-electron chi connectivity index (χ2n) is 7.22. The summed E-state index contributed by atoms with van der Waals surface area (Å²) in [5, 5.41) is 9.19. The van der Waals surface area contributed by atoms with Crippen LogP contribution in [0.3, 0.4) is 0 Å². The van der Waals surface area contributed by atoms with Crippen LogP contribution >= 0.6 is 0 Å². The van der Waals surface area contributed by atoms with E-state index in [1.165, 1.54) is 6.07 Å². The van der Waals surface area contributed by atoms with Gasteiger partial charge in [0.15, 0.2) is 5.88 Å². The van der Waals surface area contributed by atoms with Gasteiger partial charge in [0.1, 0.15) is 11.9 Å². The number of hydrogen-bond acceptors (Lipinski definition) is 5. The van der Waals surface area contributed by atoms with E-state index in [9.17, 15) is 9.50 Å². The quantitative estimate of drug-likeness (QED) is 0.854. The maximum atomic E-state index is 14.7. The van der Waals surface area contributed by atoms with Gasteiger partial charge in [-0.2, -0.15) is 0 Å². The Hall–Kier alpha value is -1.57. The molecule has 0 saturated carbocycles. The number of rotatable bonds is 3. The molecule has 0 aliphatic carbocycles. The van der Waals surface area contributed by atoms with Crippen molar-refractivity contribution in [2.45, 2.75) is 45.0 Å². The molecule has 0 radical (unpaired) electrons. The lowest BCUT2D eigenvalue weighted by Crippen LogP contribution is -2.41. The molecule has 24 heavy (non-hydrogen) atoms. The molecule has 2 heterocycles. The molecule has 0 amide bonds. The van der Waals surface area contributed by atoms with E-state index in [1.807, 2.05) is 27.7 Å². The fourth-order valence-corrected chi connectivity index (χ4v) is 2.79. The minimum absolute atomic E-state index is 0.107. The summed E-state index contributed by atoms with van der Waals surface area (Å²) in [6.07, 6.45) is -0.344. The Labute approximate surface area is 142 Å². The summed E-state index contributed by atoms with van der Waals surface area (Å²) >= 11 is 0. The largest absolute Gasteiger partial charge is 0.497 e. The van der Waals surface area contributed by atoms with Crippen LogP contribution in [0.4, 0.5) is 10.1 Å². The molecule has 0 aromatic heterocycles. The fraction of sp³-hybridized carbons (Fsp3) is 0.529. The van der Waals surface area contributed by atoms with Gasteiger partial charge in [0, 0.05) is 11.2 Å². The van der Waals surface area contributed by atoms with Gasteiger partial charge < -0.3 is 24.1 Å². The van der Waals surface area contributed by atoms with Gasteiger partial charge in [0.2, 0.25) is 0 Å². The molecule has 7 heteroatoms. The van der Waals surface area contributed by atoms with Gasteiger partial charge in [-0.05, 0) is 46.4 Å². The molecule has 1 N–H and O–H groups in total. The van der Waals surface area contributed by atoms with E-state index in [4.69, 9.17) is 14.0 Å². The molecular weight excluding hydrogens is 312 g/mol. The van der Waals surface area contributed by atoms with Crippen molar-refractivity contribution in [2.75, 3.05) is 18.1 Å². The zero-order valence-electron chi connectivity index (χ0n) is 14.5. The van der Waals surface area contributed by atoms with Crippen molar-refractivity contribution in [3.63, 3.8) is 0 Å². The molecule has 3 rings (SSSR count). The van der Waals surface area contributed by atoms with Gasteiger partial charge in [-0.3, -0.25) is 0 Å². The van der Waals surface area contributed by atoms with E-state index in [0.717, 1.165) is 0 Å². The third kappa shape index (κ3) is 2.81. The molecule has 0 spiro atoms. The number of aliphatic hydroxyl groups excluding tert-OH is 1. The van der Waals surface area contributed by atoms with Crippen molar-refractivity contribution in [1.29, 1.82) is 0 Å². The number of benzene rings is 1. The Kier molecular flexibility index (Phi) is 4.14. The predicted molar refractivity (Wildman–Crippen MR) is 90.6 cm³/mol. The number of ether oxygens (including phenoxy) is 1. The summed E-state index contributed by atoms with van der Waals surface area (Å²) in [5.74, 6) is -0.0110. The van der Waals surface area contributed by atoms with E-state index < -0.39 is 24.1 Å². The van der Waals surface area contributed by atoms with E-state index in [2.05, 4.69) is 6.58 Å². The van der Waals surface area contributed by atoms with Gasteiger partial charge in [-0.15, -0.1) is 0 Å². The van der Waals surface area contributed by atoms with Crippen molar-refractivity contribution < 1.29 is 23.5 Å². The van der Waals surface area contributed by atoms with Gasteiger partial charge in [-0.1, -0.05) is 6.07 Å². The molecule has 130 valence electrons. The molecule has 5 nitrogen and oxygen atoms in total. The van der Waals surface area contributed by atoms with Crippen molar-refractivity contribution in [1.82, 2.24) is 0 Å². The number of anilines is 1. The normalized spacial score (nSPS) is 25.2. The van der Waals surface area contributed by atoms with Crippen molar-refractivity contribution >= 4 is 18.3 Å². The molecule has 2 saturated heterocycles. The van der Waals surface area contributed by atoms with Gasteiger partial charge >= 0.3 is 7.12 Å². The summed E-state index contributed by atoms with van der Waals surface area (Å²) in [7, 11) is -0.743. The third-order valence-corrected chi connectivity index (χ3v) is 5.00. The Morgan fingerprint density at radius 1 is 1.29 bits per heavy atom. The summed E-state index contributed by atoms with van der Waals surface area (Å²) in [6.45, 7) is 11.8. The molecular formula is C17H23BFNO4. The van der Waals surface area contributed by atoms with E-state index >= 15 is 0 Å². The van der Waals surface area contributed by atoms with Crippen LogP contribution in [-0.2, 0) is 14.0 Å². The number of aliphatic hydroxyl groups is 1. The number of halogens is 1. The lowest BCUT2D eigenvalue weighted by molar-refractivity contribution is 0.00578. The van der Waals surface area contributed by atoms with Crippen LogP contribution < -0.4 is 10.4 Å². The third-order valence-electron chi connectivity index (χ3n) is 5.00. The highest BCUT2D eigenvalue weighted by molar-refractivity contribution is 6.62. The minimum Gasteiger partial charge on any atom is -0.472 e. The molecule has 2 aliphatic rings. The Morgan fingerprint density at radius 2 is 1.92 bits per heavy atom.